The van der Waals surface area contributed by atoms with Crippen LogP contribution in [0.2, 0.25) is 0 Å². The largest absolute Gasteiger partial charge is 0.416 e. The lowest BCUT2D eigenvalue weighted by molar-refractivity contribution is -0.137. The molecule has 20 heavy (non-hydrogen) atoms. The lowest BCUT2D eigenvalue weighted by Gasteiger charge is -2.15. The summed E-state index contributed by atoms with van der Waals surface area (Å²) in [4.78, 5) is 4.05. The fourth-order valence-corrected chi connectivity index (χ4v) is 2.10. The molecule has 2 nitrogen and oxygen atoms in total. The Kier molecular flexibility index (Phi) is 4.15. The third kappa shape index (κ3) is 3.19. The topological polar surface area (TPSA) is 33.1 Å². The summed E-state index contributed by atoms with van der Waals surface area (Å²) < 4.78 is 38.5. The highest BCUT2D eigenvalue weighted by molar-refractivity contribution is 9.10. The minimum atomic E-state index is -4.38. The Hall–Kier alpha value is -1.40. The summed E-state index contributed by atoms with van der Waals surface area (Å²) in [6, 6.07) is 6.60. The van der Waals surface area contributed by atoms with Gasteiger partial charge in [0.15, 0.2) is 0 Å². The lowest BCUT2D eigenvalue weighted by Crippen LogP contribution is -2.08. The monoisotopic (exact) mass is 345 g/mol. The van der Waals surface area contributed by atoms with E-state index in [-0.39, 0.29) is 0 Å². The third-order valence-corrected chi connectivity index (χ3v) is 3.39. The second-order valence-corrected chi connectivity index (χ2v) is 5.29. The molecule has 1 aromatic heterocycles. The highest BCUT2D eigenvalue weighted by atomic mass is 79.9. The van der Waals surface area contributed by atoms with Crippen LogP contribution in [0.4, 0.5) is 13.2 Å². The average Bonchev–Trinajstić information content (AvgIpc) is 2.37. The zero-order valence-electron chi connectivity index (χ0n) is 10.4. The molecule has 0 saturated carbocycles. The van der Waals surface area contributed by atoms with Crippen LogP contribution in [-0.4, -0.2) is 10.1 Å². The van der Waals surface area contributed by atoms with Gasteiger partial charge in [-0.15, -0.1) is 0 Å². The highest BCUT2D eigenvalue weighted by Gasteiger charge is 2.31. The van der Waals surface area contributed by atoms with Gasteiger partial charge in [-0.2, -0.15) is 13.2 Å². The number of aromatic nitrogens is 1. The lowest BCUT2D eigenvalue weighted by atomic mass is 9.98. The van der Waals surface area contributed by atoms with Gasteiger partial charge in [0.2, 0.25) is 0 Å². The molecule has 6 heteroatoms. The van der Waals surface area contributed by atoms with E-state index in [1.165, 1.54) is 19.2 Å². The third-order valence-electron chi connectivity index (χ3n) is 2.92. The maximum Gasteiger partial charge on any atom is 0.416 e. The number of aryl methyl sites for hydroxylation is 1. The predicted octanol–water partition coefficient (Wildman–Crippen LogP) is 4.25. The van der Waals surface area contributed by atoms with Crippen molar-refractivity contribution in [1.82, 2.24) is 4.98 Å². The van der Waals surface area contributed by atoms with Gasteiger partial charge in [0.25, 0.3) is 0 Å². The molecule has 0 aliphatic heterocycles. The van der Waals surface area contributed by atoms with Crippen LogP contribution in [0.15, 0.2) is 41.0 Å². The van der Waals surface area contributed by atoms with E-state index >= 15 is 0 Å². The van der Waals surface area contributed by atoms with Gasteiger partial charge in [-0.25, -0.2) is 0 Å². The number of aliphatic hydroxyl groups is 1. The van der Waals surface area contributed by atoms with Crippen LogP contribution < -0.4 is 0 Å². The minimum absolute atomic E-state index is 0.372. The quantitative estimate of drug-likeness (QED) is 0.882. The van der Waals surface area contributed by atoms with Crippen LogP contribution in [0.25, 0.3) is 0 Å². The molecule has 0 aliphatic carbocycles. The second kappa shape index (κ2) is 5.54. The Labute approximate surface area is 122 Å². The van der Waals surface area contributed by atoms with Gasteiger partial charge in [-0.1, -0.05) is 6.07 Å². The van der Waals surface area contributed by atoms with Crippen molar-refractivity contribution < 1.29 is 18.3 Å². The Balaban J connectivity index is 2.36. The molecule has 0 bridgehead atoms. The number of hydrogen-bond donors (Lipinski definition) is 1. The number of nitrogens with zero attached hydrogens (tertiary/aromatic N) is 1. The van der Waals surface area contributed by atoms with E-state index in [0.717, 1.165) is 16.6 Å². The van der Waals surface area contributed by atoms with E-state index in [0.29, 0.717) is 16.8 Å². The van der Waals surface area contributed by atoms with Crippen molar-refractivity contribution in [3.05, 3.63) is 63.4 Å². The molecule has 0 aliphatic rings. The summed E-state index contributed by atoms with van der Waals surface area (Å²) >= 11 is 3.23. The van der Waals surface area contributed by atoms with E-state index in [4.69, 9.17) is 0 Å². The molecule has 2 rings (SSSR count). The molecule has 0 spiro atoms. The molecule has 1 atom stereocenters. The van der Waals surface area contributed by atoms with Gasteiger partial charge >= 0.3 is 6.18 Å². The molecule has 1 N–H and O–H groups in total. The van der Waals surface area contributed by atoms with Crippen LogP contribution in [-0.2, 0) is 6.18 Å². The molecule has 1 unspecified atom stereocenters. The predicted molar refractivity (Wildman–Crippen MR) is 72.2 cm³/mol. The Morgan fingerprint density at radius 1 is 1.20 bits per heavy atom. The molecule has 2 aromatic rings. The maximum absolute atomic E-state index is 12.6. The first kappa shape index (κ1) is 15.0. The van der Waals surface area contributed by atoms with E-state index in [2.05, 4.69) is 20.9 Å². The zero-order valence-corrected chi connectivity index (χ0v) is 12.0. The number of rotatable bonds is 2. The average molecular weight is 346 g/mol. The summed E-state index contributed by atoms with van der Waals surface area (Å²) in [7, 11) is 0. The van der Waals surface area contributed by atoms with E-state index in [1.54, 1.807) is 12.1 Å². The van der Waals surface area contributed by atoms with Gasteiger partial charge < -0.3 is 5.11 Å². The van der Waals surface area contributed by atoms with Gasteiger partial charge in [0, 0.05) is 10.7 Å². The Morgan fingerprint density at radius 3 is 2.40 bits per heavy atom. The summed E-state index contributed by atoms with van der Waals surface area (Å²) in [6.07, 6.45) is -3.91. The van der Waals surface area contributed by atoms with Gasteiger partial charge in [-0.3, -0.25) is 4.98 Å². The fourth-order valence-electron chi connectivity index (χ4n) is 1.87. The molecule has 0 fully saturated rings. The van der Waals surface area contributed by atoms with Crippen LogP contribution in [0.3, 0.4) is 0 Å². The zero-order chi connectivity index (χ0) is 14.9. The minimum Gasteiger partial charge on any atom is -0.382 e. The standard InChI is InChI=1S/C14H11BrF3NO/c1-8-6-9(14(16,17)18)2-4-11(8)13(20)12-5-3-10(15)7-19-12/h2-7,13,20H,1H3. The molecular weight excluding hydrogens is 335 g/mol. The smallest absolute Gasteiger partial charge is 0.382 e. The molecule has 0 amide bonds. The molecule has 1 heterocycles. The van der Waals surface area contributed by atoms with E-state index < -0.39 is 17.8 Å². The van der Waals surface area contributed by atoms with Gasteiger partial charge in [-0.05, 0) is 58.2 Å². The van der Waals surface area contributed by atoms with Crippen molar-refractivity contribution in [3.63, 3.8) is 0 Å². The summed E-state index contributed by atoms with van der Waals surface area (Å²) in [6.45, 7) is 1.53. The normalized spacial score (nSPS) is 13.3. The first-order valence-electron chi connectivity index (χ1n) is 5.76. The van der Waals surface area contributed by atoms with Crippen LogP contribution in [0, 0.1) is 6.92 Å². The Morgan fingerprint density at radius 2 is 1.90 bits per heavy atom. The summed E-state index contributed by atoms with van der Waals surface area (Å²) in [5.41, 5.74) is 0.440. The maximum atomic E-state index is 12.6. The van der Waals surface area contributed by atoms with Crippen molar-refractivity contribution in [3.8, 4) is 0 Å². The number of pyridine rings is 1. The second-order valence-electron chi connectivity index (χ2n) is 4.37. The van der Waals surface area contributed by atoms with Crippen molar-refractivity contribution in [1.29, 1.82) is 0 Å². The first-order chi connectivity index (χ1) is 9.29. The van der Waals surface area contributed by atoms with Crippen molar-refractivity contribution in [2.45, 2.75) is 19.2 Å². The van der Waals surface area contributed by atoms with Crippen LogP contribution >= 0.6 is 15.9 Å². The number of aliphatic hydroxyl groups excluding tert-OH is 1. The first-order valence-corrected chi connectivity index (χ1v) is 6.55. The van der Waals surface area contributed by atoms with Crippen LogP contribution in [0.5, 0.6) is 0 Å². The Bertz CT molecular complexity index is 611. The van der Waals surface area contributed by atoms with Gasteiger partial charge in [0.1, 0.15) is 6.10 Å². The van der Waals surface area contributed by atoms with Crippen molar-refractivity contribution in [2.75, 3.05) is 0 Å². The highest BCUT2D eigenvalue weighted by Crippen LogP contribution is 2.32. The number of halogens is 4. The number of benzene rings is 1. The molecule has 1 aromatic carbocycles. The van der Waals surface area contributed by atoms with E-state index in [9.17, 15) is 18.3 Å². The molecular formula is C14H11BrF3NO. The number of hydrogen-bond acceptors (Lipinski definition) is 2. The van der Waals surface area contributed by atoms with Gasteiger partial charge in [0.05, 0.1) is 11.3 Å². The summed E-state index contributed by atoms with van der Waals surface area (Å²) in [5.74, 6) is 0. The number of alkyl halides is 3. The SMILES string of the molecule is Cc1cc(C(F)(F)F)ccc1C(O)c1ccc(Br)cn1. The molecule has 106 valence electrons. The molecule has 0 radical (unpaired) electrons. The fraction of sp³-hybridized carbons (Fsp3) is 0.214. The van der Waals surface area contributed by atoms with Crippen LogP contribution in [0.1, 0.15) is 28.5 Å². The molecule has 0 saturated heterocycles. The van der Waals surface area contributed by atoms with E-state index in [1.807, 2.05) is 0 Å². The van der Waals surface area contributed by atoms with Crippen molar-refractivity contribution in [2.24, 2.45) is 0 Å². The summed E-state index contributed by atoms with van der Waals surface area (Å²) in [5, 5.41) is 10.2. The van der Waals surface area contributed by atoms with Crippen molar-refractivity contribution >= 4 is 15.9 Å².